The van der Waals surface area contributed by atoms with Crippen molar-refractivity contribution in [2.45, 2.75) is 19.8 Å². The van der Waals surface area contributed by atoms with E-state index in [4.69, 9.17) is 0 Å². The summed E-state index contributed by atoms with van der Waals surface area (Å²) in [5.74, 6) is -2.30. The summed E-state index contributed by atoms with van der Waals surface area (Å²) in [6, 6.07) is 9.50. The fourth-order valence-electron chi connectivity index (χ4n) is 3.13. The van der Waals surface area contributed by atoms with Gasteiger partial charge in [0.2, 0.25) is 5.91 Å². The highest BCUT2D eigenvalue weighted by Crippen LogP contribution is 2.23. The van der Waals surface area contributed by atoms with Gasteiger partial charge in [-0.1, -0.05) is 17.7 Å². The van der Waals surface area contributed by atoms with Gasteiger partial charge in [0.15, 0.2) is 0 Å². The summed E-state index contributed by atoms with van der Waals surface area (Å²) in [7, 11) is 0. The van der Waals surface area contributed by atoms with Crippen molar-refractivity contribution in [1.82, 2.24) is 4.90 Å². The molecule has 1 aliphatic heterocycles. The number of likely N-dealkylation sites (tertiary alicyclic amines) is 1. The Morgan fingerprint density at radius 1 is 1.15 bits per heavy atom. The Morgan fingerprint density at radius 2 is 1.78 bits per heavy atom. The van der Waals surface area contributed by atoms with Gasteiger partial charge in [-0.05, 0) is 66.6 Å². The summed E-state index contributed by atoms with van der Waals surface area (Å²) in [5.41, 5.74) is 1.74. The lowest BCUT2D eigenvalue weighted by molar-refractivity contribution is -0.121. The Bertz CT molecular complexity index is 848. The van der Waals surface area contributed by atoms with Crippen LogP contribution in [0.2, 0.25) is 0 Å². The van der Waals surface area contributed by atoms with Gasteiger partial charge in [0.1, 0.15) is 11.6 Å². The van der Waals surface area contributed by atoms with Gasteiger partial charge in [0.05, 0.1) is 9.49 Å². The summed E-state index contributed by atoms with van der Waals surface area (Å²) >= 11 is 1.57. The van der Waals surface area contributed by atoms with Gasteiger partial charge in [-0.2, -0.15) is 0 Å². The first-order chi connectivity index (χ1) is 12.8. The second-order valence-electron chi connectivity index (χ2n) is 6.70. The van der Waals surface area contributed by atoms with Crippen LogP contribution in [-0.4, -0.2) is 29.8 Å². The Hall–Kier alpha value is -2.03. The first kappa shape index (κ1) is 19.7. The van der Waals surface area contributed by atoms with Crippen LogP contribution in [0.15, 0.2) is 36.4 Å². The normalized spacial score (nSPS) is 16.9. The molecule has 1 atom stereocenters. The molecule has 0 saturated carbocycles. The third kappa shape index (κ3) is 4.63. The van der Waals surface area contributed by atoms with Crippen molar-refractivity contribution in [3.05, 3.63) is 62.7 Å². The van der Waals surface area contributed by atoms with Crippen molar-refractivity contribution in [2.75, 3.05) is 18.4 Å². The maximum absolute atomic E-state index is 13.7. The maximum atomic E-state index is 13.7. The second kappa shape index (κ2) is 8.33. The summed E-state index contributed by atoms with van der Waals surface area (Å²) in [5, 5.41) is 2.57. The molecular formula is C20H19F2IN2O2. The van der Waals surface area contributed by atoms with Crippen LogP contribution in [0, 0.1) is 28.0 Å². The third-order valence-corrected chi connectivity index (χ3v) is 5.66. The Balaban J connectivity index is 1.67. The number of amides is 2. The summed E-state index contributed by atoms with van der Waals surface area (Å²) in [4.78, 5) is 26.8. The molecule has 0 bridgehead atoms. The van der Waals surface area contributed by atoms with E-state index in [-0.39, 0.29) is 27.6 Å². The number of hydrogen-bond acceptors (Lipinski definition) is 2. The SMILES string of the molecule is Cc1ccc(C(=O)N2CCCC(C(=O)Nc3cc(F)c(I)c(F)c3)C2)cc1. The van der Waals surface area contributed by atoms with Crippen LogP contribution in [0.25, 0.3) is 0 Å². The summed E-state index contributed by atoms with van der Waals surface area (Å²) in [6.45, 7) is 2.82. The van der Waals surface area contributed by atoms with E-state index in [9.17, 15) is 18.4 Å². The first-order valence-electron chi connectivity index (χ1n) is 8.66. The van der Waals surface area contributed by atoms with E-state index in [1.807, 2.05) is 19.1 Å². The topological polar surface area (TPSA) is 49.4 Å². The largest absolute Gasteiger partial charge is 0.338 e. The molecule has 1 unspecified atom stereocenters. The highest BCUT2D eigenvalue weighted by Gasteiger charge is 2.29. The van der Waals surface area contributed by atoms with Crippen LogP contribution in [0.3, 0.4) is 0 Å². The number of nitrogens with zero attached hydrogens (tertiary/aromatic N) is 1. The highest BCUT2D eigenvalue weighted by atomic mass is 127. The van der Waals surface area contributed by atoms with Crippen molar-refractivity contribution < 1.29 is 18.4 Å². The fraction of sp³-hybridized carbons (Fsp3) is 0.300. The molecule has 2 amide bonds. The number of hydrogen-bond donors (Lipinski definition) is 1. The van der Waals surface area contributed by atoms with Crippen LogP contribution < -0.4 is 5.32 Å². The number of aryl methyl sites for hydroxylation is 1. The summed E-state index contributed by atoms with van der Waals surface area (Å²) in [6.07, 6.45) is 1.32. The number of benzene rings is 2. The van der Waals surface area contributed by atoms with Crippen molar-refractivity contribution in [3.63, 3.8) is 0 Å². The van der Waals surface area contributed by atoms with E-state index in [1.165, 1.54) is 0 Å². The standard InChI is InChI=1S/C20H19F2IN2O2/c1-12-4-6-13(7-5-12)20(27)25-8-2-3-14(11-25)19(26)24-15-9-16(21)18(23)17(22)10-15/h4-7,9-10,14H,2-3,8,11H2,1H3,(H,24,26). The van der Waals surface area contributed by atoms with Crippen LogP contribution in [0.1, 0.15) is 28.8 Å². The van der Waals surface area contributed by atoms with Crippen molar-refractivity contribution >= 4 is 40.1 Å². The lowest BCUT2D eigenvalue weighted by Gasteiger charge is -2.32. The van der Waals surface area contributed by atoms with Crippen molar-refractivity contribution in [1.29, 1.82) is 0 Å². The van der Waals surface area contributed by atoms with E-state index < -0.39 is 17.6 Å². The molecule has 1 heterocycles. The average Bonchev–Trinajstić information content (AvgIpc) is 2.66. The molecule has 1 N–H and O–H groups in total. The molecule has 0 aliphatic carbocycles. The number of carbonyl (C=O) groups is 2. The predicted molar refractivity (Wildman–Crippen MR) is 108 cm³/mol. The smallest absolute Gasteiger partial charge is 0.253 e. The fourth-order valence-corrected chi connectivity index (χ4v) is 3.44. The summed E-state index contributed by atoms with van der Waals surface area (Å²) < 4.78 is 27.2. The molecule has 0 aromatic heterocycles. The average molecular weight is 484 g/mol. The molecule has 1 saturated heterocycles. The van der Waals surface area contributed by atoms with Crippen LogP contribution >= 0.6 is 22.6 Å². The van der Waals surface area contributed by atoms with Crippen molar-refractivity contribution in [3.8, 4) is 0 Å². The molecule has 2 aromatic carbocycles. The molecule has 0 spiro atoms. The minimum Gasteiger partial charge on any atom is -0.338 e. The lowest BCUT2D eigenvalue weighted by Crippen LogP contribution is -2.43. The molecule has 7 heteroatoms. The molecule has 2 aromatic rings. The predicted octanol–water partition coefficient (Wildman–Crippen LogP) is 4.37. The van der Waals surface area contributed by atoms with E-state index >= 15 is 0 Å². The first-order valence-corrected chi connectivity index (χ1v) is 9.74. The minimum atomic E-state index is -0.717. The van der Waals surface area contributed by atoms with Gasteiger partial charge in [0, 0.05) is 24.3 Å². The van der Waals surface area contributed by atoms with Crippen LogP contribution in [0.5, 0.6) is 0 Å². The van der Waals surface area contributed by atoms with Crippen LogP contribution in [0.4, 0.5) is 14.5 Å². The lowest BCUT2D eigenvalue weighted by atomic mass is 9.96. The number of rotatable bonds is 3. The number of nitrogens with one attached hydrogen (secondary N) is 1. The van der Waals surface area contributed by atoms with Crippen LogP contribution in [-0.2, 0) is 4.79 Å². The Morgan fingerprint density at radius 3 is 2.41 bits per heavy atom. The molecule has 3 rings (SSSR count). The zero-order chi connectivity index (χ0) is 19.6. The van der Waals surface area contributed by atoms with Gasteiger partial charge in [-0.3, -0.25) is 9.59 Å². The number of anilines is 1. The molecule has 1 fully saturated rings. The van der Waals surface area contributed by atoms with E-state index in [1.54, 1.807) is 39.6 Å². The van der Waals surface area contributed by atoms with Gasteiger partial charge in [0.25, 0.3) is 5.91 Å². The van der Waals surface area contributed by atoms with E-state index in [2.05, 4.69) is 5.32 Å². The number of halogens is 3. The van der Waals surface area contributed by atoms with Gasteiger partial charge >= 0.3 is 0 Å². The van der Waals surface area contributed by atoms with E-state index in [0.29, 0.717) is 24.9 Å². The Kier molecular flexibility index (Phi) is 6.08. The zero-order valence-corrected chi connectivity index (χ0v) is 16.9. The monoisotopic (exact) mass is 484 g/mol. The number of piperidine rings is 1. The number of carbonyl (C=O) groups excluding carboxylic acids is 2. The molecule has 1 aliphatic rings. The van der Waals surface area contributed by atoms with Gasteiger partial charge in [-0.25, -0.2) is 8.78 Å². The third-order valence-electron chi connectivity index (χ3n) is 4.63. The molecular weight excluding hydrogens is 465 g/mol. The maximum Gasteiger partial charge on any atom is 0.253 e. The highest BCUT2D eigenvalue weighted by molar-refractivity contribution is 14.1. The Labute approximate surface area is 170 Å². The zero-order valence-electron chi connectivity index (χ0n) is 14.8. The second-order valence-corrected chi connectivity index (χ2v) is 7.78. The minimum absolute atomic E-state index is 0.0809. The van der Waals surface area contributed by atoms with Gasteiger partial charge in [-0.15, -0.1) is 0 Å². The van der Waals surface area contributed by atoms with Gasteiger partial charge < -0.3 is 10.2 Å². The molecule has 4 nitrogen and oxygen atoms in total. The molecule has 142 valence electrons. The quantitative estimate of drug-likeness (QED) is 0.520. The molecule has 0 radical (unpaired) electrons. The van der Waals surface area contributed by atoms with E-state index in [0.717, 1.165) is 17.7 Å². The molecule has 27 heavy (non-hydrogen) atoms. The van der Waals surface area contributed by atoms with Crippen molar-refractivity contribution in [2.24, 2.45) is 5.92 Å².